The molecular formula is C58H101NO8. The molecule has 0 aromatic carbocycles. The van der Waals surface area contributed by atoms with Crippen LogP contribution in [0.5, 0.6) is 0 Å². The third kappa shape index (κ3) is 36.9. The van der Waals surface area contributed by atoms with Gasteiger partial charge in [0.25, 0.3) is 0 Å². The van der Waals surface area contributed by atoms with Crippen molar-refractivity contribution >= 4 is 5.91 Å². The first-order chi connectivity index (χ1) is 32.8. The Hall–Kier alpha value is -2.63. The van der Waals surface area contributed by atoms with Gasteiger partial charge in [-0.25, -0.2) is 0 Å². The molecule has 6 N–H and O–H groups in total. The van der Waals surface area contributed by atoms with Gasteiger partial charge < -0.3 is 40.3 Å². The molecule has 1 aliphatic heterocycles. The summed E-state index contributed by atoms with van der Waals surface area (Å²) in [4.78, 5) is 13.0. The molecule has 0 aromatic heterocycles. The van der Waals surface area contributed by atoms with E-state index in [1.54, 1.807) is 6.08 Å². The molecule has 9 heteroatoms. The average molecular weight is 940 g/mol. The summed E-state index contributed by atoms with van der Waals surface area (Å²) in [5.41, 5.74) is 0. The van der Waals surface area contributed by atoms with Gasteiger partial charge in [-0.3, -0.25) is 4.79 Å². The SMILES string of the molecule is CC/C=C\C/C=C\C/C=C\C/C=C\C/C=C\C/C=C\CCCCCCCCCCCCCCCCCCC(=O)NC(COC1OC(CO)C(O)C(O)C1O)C(O)/C=C/CCCCCCCCC. The first-order valence-electron chi connectivity index (χ1n) is 27.3. The maximum Gasteiger partial charge on any atom is 0.220 e. The normalized spacial score (nSPS) is 20.4. The summed E-state index contributed by atoms with van der Waals surface area (Å²) in [6.07, 6.45) is 59.5. The van der Waals surface area contributed by atoms with Crippen LogP contribution in [0.1, 0.15) is 219 Å². The Kier molecular flexibility index (Phi) is 43.8. The fourth-order valence-corrected chi connectivity index (χ4v) is 8.16. The van der Waals surface area contributed by atoms with Gasteiger partial charge in [-0.05, 0) is 70.6 Å². The molecule has 7 atom stereocenters. The number of ether oxygens (including phenoxy) is 2. The number of hydrogen-bond acceptors (Lipinski definition) is 8. The number of hydrogen-bond donors (Lipinski definition) is 6. The minimum Gasteiger partial charge on any atom is -0.394 e. The van der Waals surface area contributed by atoms with Crippen molar-refractivity contribution in [3.8, 4) is 0 Å². The zero-order valence-corrected chi connectivity index (χ0v) is 42.6. The minimum absolute atomic E-state index is 0.182. The van der Waals surface area contributed by atoms with Gasteiger partial charge in [-0.1, -0.05) is 227 Å². The van der Waals surface area contributed by atoms with E-state index in [-0.39, 0.29) is 12.5 Å². The standard InChI is InChI=1S/C58H101NO8/c1-3-5-7-9-11-13-14-15-16-17-18-19-20-21-22-23-24-25-26-27-28-29-30-31-32-33-34-35-36-37-38-40-42-44-46-48-54(62)59-51(52(61)47-45-43-41-39-12-10-8-6-4-2)50-66-58-57(65)56(64)55(63)53(49-60)67-58/h5,7,11,13,15-16,18-19,21-22,24-25,45,47,51-53,55-58,60-61,63-65H,3-4,6,8-10,12,14,17,20,23,26-44,46,48-50H2,1-2H3,(H,59,62)/b7-5-,13-11-,16-15-,19-18-,22-21-,25-24-,47-45+. The highest BCUT2D eigenvalue weighted by Gasteiger charge is 2.44. The van der Waals surface area contributed by atoms with Crippen LogP contribution >= 0.6 is 0 Å². The lowest BCUT2D eigenvalue weighted by molar-refractivity contribution is -0.302. The zero-order chi connectivity index (χ0) is 48.7. The highest BCUT2D eigenvalue weighted by molar-refractivity contribution is 5.76. The van der Waals surface area contributed by atoms with Crippen molar-refractivity contribution in [1.29, 1.82) is 0 Å². The number of amides is 1. The third-order valence-electron chi connectivity index (χ3n) is 12.5. The number of allylic oxidation sites excluding steroid dienone is 13. The molecular weight excluding hydrogens is 839 g/mol. The Morgan fingerprint density at radius 2 is 0.925 bits per heavy atom. The molecule has 1 saturated heterocycles. The van der Waals surface area contributed by atoms with Gasteiger partial charge in [0.1, 0.15) is 24.4 Å². The van der Waals surface area contributed by atoms with Crippen molar-refractivity contribution in [2.45, 2.75) is 262 Å². The van der Waals surface area contributed by atoms with Crippen LogP contribution in [0.3, 0.4) is 0 Å². The van der Waals surface area contributed by atoms with Gasteiger partial charge in [0.05, 0.1) is 25.4 Å². The van der Waals surface area contributed by atoms with E-state index < -0.39 is 49.5 Å². The summed E-state index contributed by atoms with van der Waals surface area (Å²) >= 11 is 0. The molecule has 0 spiro atoms. The van der Waals surface area contributed by atoms with Crippen molar-refractivity contribution in [2.75, 3.05) is 13.2 Å². The van der Waals surface area contributed by atoms with E-state index in [9.17, 15) is 30.3 Å². The number of aliphatic hydroxyl groups is 5. The molecule has 1 fully saturated rings. The molecule has 9 nitrogen and oxygen atoms in total. The molecule has 7 unspecified atom stereocenters. The Morgan fingerprint density at radius 3 is 1.37 bits per heavy atom. The molecule has 1 amide bonds. The summed E-state index contributed by atoms with van der Waals surface area (Å²) in [7, 11) is 0. The highest BCUT2D eigenvalue weighted by atomic mass is 16.7. The first kappa shape index (κ1) is 62.4. The lowest BCUT2D eigenvalue weighted by atomic mass is 9.99. The Labute approximate surface area is 410 Å². The predicted octanol–water partition coefficient (Wildman–Crippen LogP) is 13.1. The highest BCUT2D eigenvalue weighted by Crippen LogP contribution is 2.23. The molecule has 1 aliphatic rings. The van der Waals surface area contributed by atoms with Crippen molar-refractivity contribution in [3.63, 3.8) is 0 Å². The molecule has 1 rings (SSSR count). The van der Waals surface area contributed by atoms with Gasteiger partial charge in [0.2, 0.25) is 5.91 Å². The maximum atomic E-state index is 13.0. The summed E-state index contributed by atoms with van der Waals surface area (Å²) in [5, 5.41) is 54.2. The van der Waals surface area contributed by atoms with Crippen LogP contribution in [-0.4, -0.2) is 87.5 Å². The van der Waals surface area contributed by atoms with Crippen molar-refractivity contribution in [3.05, 3.63) is 85.1 Å². The summed E-state index contributed by atoms with van der Waals surface area (Å²) in [6.45, 7) is 3.62. The number of rotatable bonds is 45. The van der Waals surface area contributed by atoms with Crippen LogP contribution in [-0.2, 0) is 14.3 Å². The van der Waals surface area contributed by atoms with Crippen molar-refractivity contribution in [2.24, 2.45) is 0 Å². The van der Waals surface area contributed by atoms with Gasteiger partial charge in [-0.15, -0.1) is 0 Å². The van der Waals surface area contributed by atoms with Gasteiger partial charge in [0, 0.05) is 6.42 Å². The van der Waals surface area contributed by atoms with Crippen molar-refractivity contribution in [1.82, 2.24) is 5.32 Å². The first-order valence-corrected chi connectivity index (χ1v) is 27.3. The monoisotopic (exact) mass is 940 g/mol. The van der Waals surface area contributed by atoms with E-state index >= 15 is 0 Å². The van der Waals surface area contributed by atoms with Crippen LogP contribution in [0.25, 0.3) is 0 Å². The second-order valence-electron chi connectivity index (χ2n) is 18.6. The minimum atomic E-state index is -1.57. The third-order valence-corrected chi connectivity index (χ3v) is 12.5. The predicted molar refractivity (Wildman–Crippen MR) is 281 cm³/mol. The Morgan fingerprint density at radius 1 is 0.522 bits per heavy atom. The van der Waals surface area contributed by atoms with E-state index in [4.69, 9.17) is 9.47 Å². The van der Waals surface area contributed by atoms with Gasteiger partial charge in [-0.2, -0.15) is 0 Å². The molecule has 0 bridgehead atoms. The number of nitrogens with one attached hydrogen (secondary N) is 1. The van der Waals surface area contributed by atoms with Gasteiger partial charge >= 0.3 is 0 Å². The number of carbonyl (C=O) groups excluding carboxylic acids is 1. The van der Waals surface area contributed by atoms with Gasteiger partial charge in [0.15, 0.2) is 6.29 Å². The maximum absolute atomic E-state index is 13.0. The number of aliphatic hydroxyl groups excluding tert-OH is 5. The van der Waals surface area contributed by atoms with E-state index in [2.05, 4.69) is 92.1 Å². The quantitative estimate of drug-likeness (QED) is 0.0261. The van der Waals surface area contributed by atoms with Crippen molar-refractivity contribution < 1.29 is 39.8 Å². The fourth-order valence-electron chi connectivity index (χ4n) is 8.16. The lowest BCUT2D eigenvalue weighted by Gasteiger charge is -2.40. The average Bonchev–Trinajstić information content (AvgIpc) is 3.33. The molecule has 67 heavy (non-hydrogen) atoms. The molecule has 0 aliphatic carbocycles. The smallest absolute Gasteiger partial charge is 0.220 e. The van der Waals surface area contributed by atoms with E-state index in [1.165, 1.54) is 122 Å². The largest absolute Gasteiger partial charge is 0.394 e. The van der Waals surface area contributed by atoms with Crippen LogP contribution in [0.4, 0.5) is 0 Å². The van der Waals surface area contributed by atoms with E-state index in [0.717, 1.165) is 77.0 Å². The van der Waals surface area contributed by atoms with Crippen LogP contribution in [0.15, 0.2) is 85.1 Å². The summed E-state index contributed by atoms with van der Waals surface area (Å²) < 4.78 is 11.2. The second-order valence-corrected chi connectivity index (χ2v) is 18.6. The second kappa shape index (κ2) is 47.1. The van der Waals surface area contributed by atoms with E-state index in [1.807, 2.05) is 6.08 Å². The topological polar surface area (TPSA) is 149 Å². The molecule has 386 valence electrons. The number of unbranched alkanes of at least 4 members (excludes halogenated alkanes) is 23. The van der Waals surface area contributed by atoms with E-state index in [0.29, 0.717) is 6.42 Å². The fraction of sp³-hybridized carbons (Fsp3) is 0.741. The van der Waals surface area contributed by atoms with Crippen LogP contribution in [0, 0.1) is 0 Å². The number of carbonyl (C=O) groups is 1. The Balaban J connectivity index is 2.09. The molecule has 0 saturated carbocycles. The zero-order valence-electron chi connectivity index (χ0n) is 42.6. The molecule has 0 radical (unpaired) electrons. The van der Waals surface area contributed by atoms with Crippen LogP contribution < -0.4 is 5.32 Å². The summed E-state index contributed by atoms with van der Waals surface area (Å²) in [5.74, 6) is -0.182. The molecule has 0 aromatic rings. The van der Waals surface area contributed by atoms with Crippen LogP contribution in [0.2, 0.25) is 0 Å². The lowest BCUT2D eigenvalue weighted by Crippen LogP contribution is -2.60. The molecule has 1 heterocycles. The summed E-state index contributed by atoms with van der Waals surface area (Å²) in [6, 6.07) is -0.805. The Bertz CT molecular complexity index is 1320.